The zero-order valence-corrected chi connectivity index (χ0v) is 29.0. The molecule has 0 fully saturated rings. The Balaban J connectivity index is 1.25. The number of para-hydroxylation sites is 2. The third-order valence-corrected chi connectivity index (χ3v) is 11.1. The van der Waals surface area contributed by atoms with Gasteiger partial charge in [-0.15, -0.1) is 0 Å². The van der Waals surface area contributed by atoms with Gasteiger partial charge in [0.25, 0.3) is 0 Å². The molecule has 54 heavy (non-hydrogen) atoms. The van der Waals surface area contributed by atoms with Gasteiger partial charge in [-0.1, -0.05) is 140 Å². The molecule has 250 valence electrons. The normalized spacial score (nSPS) is 12.1. The Hall–Kier alpha value is -7.37. The van der Waals surface area contributed by atoms with Gasteiger partial charge in [0.05, 0.1) is 33.3 Å². The molecule has 0 saturated carbocycles. The van der Waals surface area contributed by atoms with E-state index >= 15 is 0 Å². The fourth-order valence-electron chi connectivity index (χ4n) is 8.77. The van der Waals surface area contributed by atoms with Crippen LogP contribution in [0.15, 0.2) is 176 Å². The van der Waals surface area contributed by atoms with Crippen LogP contribution in [0.5, 0.6) is 0 Å². The minimum atomic E-state index is 0.626. The van der Waals surface area contributed by atoms with Crippen molar-refractivity contribution >= 4 is 70.7 Å². The van der Waals surface area contributed by atoms with Crippen LogP contribution in [0.1, 0.15) is 0 Å². The van der Waals surface area contributed by atoms with Gasteiger partial charge in [-0.2, -0.15) is 0 Å². The highest BCUT2D eigenvalue weighted by Crippen LogP contribution is 2.45. The molecule has 8 aromatic carbocycles. The lowest BCUT2D eigenvalue weighted by molar-refractivity contribution is 1.07. The van der Waals surface area contributed by atoms with Gasteiger partial charge in [0.2, 0.25) is 0 Å². The van der Waals surface area contributed by atoms with Crippen molar-refractivity contribution in [1.82, 2.24) is 23.9 Å². The number of rotatable bonds is 4. The Labute approximate surface area is 309 Å². The Bertz CT molecular complexity index is 3370. The summed E-state index contributed by atoms with van der Waals surface area (Å²) in [6.45, 7) is 0. The second kappa shape index (κ2) is 11.1. The first-order chi connectivity index (χ1) is 26.8. The summed E-state index contributed by atoms with van der Waals surface area (Å²) in [6.07, 6.45) is 0. The third kappa shape index (κ3) is 4.06. The van der Waals surface area contributed by atoms with E-state index in [2.05, 4.69) is 148 Å². The maximum atomic E-state index is 5.24. The number of nitrogens with zero attached hydrogens (tertiary/aromatic N) is 5. The number of benzene rings is 8. The minimum Gasteiger partial charge on any atom is -0.308 e. The molecule has 0 aliphatic heterocycles. The quantitative estimate of drug-likeness (QED) is 0.185. The van der Waals surface area contributed by atoms with Crippen molar-refractivity contribution in [2.24, 2.45) is 0 Å². The number of hydrogen-bond donors (Lipinski definition) is 0. The molecule has 5 nitrogen and oxygen atoms in total. The molecule has 5 heteroatoms. The van der Waals surface area contributed by atoms with Crippen LogP contribution in [-0.2, 0) is 0 Å². The average Bonchev–Trinajstić information content (AvgIpc) is 3.72. The first-order valence-corrected chi connectivity index (χ1v) is 18.3. The topological polar surface area (TPSA) is 48.0 Å². The van der Waals surface area contributed by atoms with Crippen molar-refractivity contribution in [3.05, 3.63) is 176 Å². The van der Waals surface area contributed by atoms with Crippen LogP contribution in [0.4, 0.5) is 0 Å². The molecule has 0 aliphatic carbocycles. The predicted octanol–water partition coefficient (Wildman–Crippen LogP) is 12.3. The fourth-order valence-corrected chi connectivity index (χ4v) is 8.77. The summed E-state index contributed by atoms with van der Waals surface area (Å²) in [7, 11) is 0. The molecule has 4 heterocycles. The SMILES string of the molecule is c1ccc(-c2nc(-c3ccccc3)nc(-c3cc4ccccc4cc3-n3c4cccc5c6cccc7c8ccccc8n(c8cccc3c8c54)c67)n2)cc1. The lowest BCUT2D eigenvalue weighted by Crippen LogP contribution is -2.04. The predicted molar refractivity (Wildman–Crippen MR) is 223 cm³/mol. The largest absolute Gasteiger partial charge is 0.308 e. The van der Waals surface area contributed by atoms with Crippen molar-refractivity contribution in [1.29, 1.82) is 0 Å². The molecule has 0 atom stereocenters. The molecule has 0 saturated heterocycles. The van der Waals surface area contributed by atoms with Crippen molar-refractivity contribution in [2.45, 2.75) is 0 Å². The summed E-state index contributed by atoms with van der Waals surface area (Å²) in [4.78, 5) is 15.5. The first kappa shape index (κ1) is 29.2. The van der Waals surface area contributed by atoms with Crippen LogP contribution >= 0.6 is 0 Å². The Kier molecular flexibility index (Phi) is 5.99. The summed E-state index contributed by atoms with van der Waals surface area (Å²) >= 11 is 0. The van der Waals surface area contributed by atoms with Gasteiger partial charge in [0, 0.05) is 43.6 Å². The second-order valence-electron chi connectivity index (χ2n) is 14.0. The van der Waals surface area contributed by atoms with E-state index in [1.807, 2.05) is 36.4 Å². The molecule has 0 bridgehead atoms. The van der Waals surface area contributed by atoms with Gasteiger partial charge in [-0.25, -0.2) is 15.0 Å². The van der Waals surface area contributed by atoms with Crippen LogP contribution < -0.4 is 0 Å². The van der Waals surface area contributed by atoms with Crippen molar-refractivity contribution in [2.75, 3.05) is 0 Å². The fraction of sp³-hybridized carbons (Fsp3) is 0. The first-order valence-electron chi connectivity index (χ1n) is 18.3. The highest BCUT2D eigenvalue weighted by molar-refractivity contribution is 6.31. The molecular formula is C49H29N5. The van der Waals surface area contributed by atoms with E-state index in [1.54, 1.807) is 0 Å². The van der Waals surface area contributed by atoms with E-state index in [0.29, 0.717) is 17.5 Å². The highest BCUT2D eigenvalue weighted by Gasteiger charge is 2.24. The van der Waals surface area contributed by atoms with E-state index in [0.717, 1.165) is 44.2 Å². The van der Waals surface area contributed by atoms with Crippen molar-refractivity contribution in [3.63, 3.8) is 0 Å². The van der Waals surface area contributed by atoms with Crippen molar-refractivity contribution < 1.29 is 0 Å². The maximum absolute atomic E-state index is 5.24. The summed E-state index contributed by atoms with van der Waals surface area (Å²) < 4.78 is 4.92. The van der Waals surface area contributed by atoms with Crippen LogP contribution in [0.3, 0.4) is 0 Å². The van der Waals surface area contributed by atoms with E-state index in [4.69, 9.17) is 15.0 Å². The van der Waals surface area contributed by atoms with Gasteiger partial charge < -0.3 is 8.97 Å². The monoisotopic (exact) mass is 687 g/mol. The van der Waals surface area contributed by atoms with Gasteiger partial charge in [-0.05, 0) is 52.6 Å². The zero-order valence-electron chi connectivity index (χ0n) is 29.0. The van der Waals surface area contributed by atoms with Crippen LogP contribution in [0.25, 0.3) is 111 Å². The average molecular weight is 688 g/mol. The van der Waals surface area contributed by atoms with E-state index < -0.39 is 0 Å². The van der Waals surface area contributed by atoms with Crippen LogP contribution in [0, 0.1) is 0 Å². The smallest absolute Gasteiger partial charge is 0.166 e. The molecule has 12 rings (SSSR count). The minimum absolute atomic E-state index is 0.626. The molecule has 0 N–H and O–H groups in total. The molecular weight excluding hydrogens is 659 g/mol. The Morgan fingerprint density at radius 1 is 0.352 bits per heavy atom. The van der Waals surface area contributed by atoms with E-state index in [-0.39, 0.29) is 0 Å². The molecule has 0 amide bonds. The van der Waals surface area contributed by atoms with Gasteiger partial charge in [-0.3, -0.25) is 0 Å². The van der Waals surface area contributed by atoms with Crippen LogP contribution in [0.2, 0.25) is 0 Å². The molecule has 0 spiro atoms. The highest BCUT2D eigenvalue weighted by atomic mass is 15.1. The lowest BCUT2D eigenvalue weighted by atomic mass is 10.0. The molecule has 4 aromatic heterocycles. The third-order valence-electron chi connectivity index (χ3n) is 11.1. The molecule has 0 aliphatic rings. The number of fused-ring (bicyclic) bond motifs is 6. The van der Waals surface area contributed by atoms with Crippen molar-refractivity contribution in [3.8, 4) is 39.9 Å². The van der Waals surface area contributed by atoms with E-state index in [1.165, 1.54) is 48.9 Å². The summed E-state index contributed by atoms with van der Waals surface area (Å²) in [5.74, 6) is 1.90. The van der Waals surface area contributed by atoms with E-state index in [9.17, 15) is 0 Å². The second-order valence-corrected chi connectivity index (χ2v) is 14.0. The Morgan fingerprint density at radius 2 is 0.852 bits per heavy atom. The summed E-state index contributed by atoms with van der Waals surface area (Å²) in [5, 5.41) is 9.74. The molecule has 0 radical (unpaired) electrons. The van der Waals surface area contributed by atoms with Gasteiger partial charge >= 0.3 is 0 Å². The molecule has 12 aromatic rings. The number of aromatic nitrogens is 5. The molecule has 0 unspecified atom stereocenters. The maximum Gasteiger partial charge on any atom is 0.166 e. The standard InChI is InChI=1S/C49H29N5/c1-3-14-30(15-4-1)47-50-48(31-16-5-2-6-17-31)52-49(51-47)38-28-32-18-7-8-19-33(32)29-43(38)53-40-25-12-21-35-37-23-11-22-36-34-20-9-10-24-39(34)54(46(36)37)42-27-13-26-41(53)45(42)44(35)40/h1-29H. The lowest BCUT2D eigenvalue weighted by Gasteiger charge is -2.16. The Morgan fingerprint density at radius 3 is 1.59 bits per heavy atom. The summed E-state index contributed by atoms with van der Waals surface area (Å²) in [5.41, 5.74) is 9.75. The zero-order chi connectivity index (χ0) is 35.3. The van der Waals surface area contributed by atoms with Crippen LogP contribution in [-0.4, -0.2) is 23.9 Å². The van der Waals surface area contributed by atoms with Gasteiger partial charge in [0.1, 0.15) is 0 Å². The van der Waals surface area contributed by atoms with Gasteiger partial charge in [0.15, 0.2) is 17.5 Å². The number of hydrogen-bond acceptors (Lipinski definition) is 3. The summed E-state index contributed by atoms with van der Waals surface area (Å²) in [6, 6.07) is 62.5.